The topological polar surface area (TPSA) is 20.2 Å². The van der Waals surface area contributed by atoms with Crippen molar-refractivity contribution in [1.29, 1.82) is 0 Å². The Kier molecular flexibility index (Phi) is 5.80. The van der Waals surface area contributed by atoms with Crippen LogP contribution in [0.25, 0.3) is 0 Å². The third-order valence-electron chi connectivity index (χ3n) is 10.3. The van der Waals surface area contributed by atoms with E-state index < -0.39 is 0 Å². The minimum atomic E-state index is -0.170. The normalized spacial score (nSPS) is 46.5. The van der Waals surface area contributed by atoms with Crippen molar-refractivity contribution in [3.8, 4) is 0 Å². The maximum atomic E-state index is 10.2. The van der Waals surface area contributed by atoms with Gasteiger partial charge in [-0.3, -0.25) is 0 Å². The monoisotopic (exact) mass is 386 g/mol. The zero-order valence-electron chi connectivity index (χ0n) is 19.3. The van der Waals surface area contributed by atoms with E-state index in [2.05, 4.69) is 40.7 Å². The van der Waals surface area contributed by atoms with Crippen LogP contribution in [0, 0.1) is 46.3 Å². The first kappa shape index (κ1) is 21.0. The number of fused-ring (bicyclic) bond motifs is 5. The van der Waals surface area contributed by atoms with Gasteiger partial charge in [0.15, 0.2) is 0 Å². The summed E-state index contributed by atoms with van der Waals surface area (Å²) in [5.74, 6) is 5.52. The zero-order chi connectivity index (χ0) is 20.1. The lowest BCUT2D eigenvalue weighted by molar-refractivity contribution is -0.0626. The summed E-state index contributed by atoms with van der Waals surface area (Å²) in [6, 6.07) is 0. The first-order chi connectivity index (χ1) is 13.3. The summed E-state index contributed by atoms with van der Waals surface area (Å²) in [4.78, 5) is 0. The number of aliphatic hydroxyl groups excluding tert-OH is 1. The third kappa shape index (κ3) is 3.42. The summed E-state index contributed by atoms with van der Waals surface area (Å²) >= 11 is 0. The highest BCUT2D eigenvalue weighted by Gasteiger charge is 2.59. The highest BCUT2D eigenvalue weighted by atomic mass is 16.3. The molecular weight excluding hydrogens is 340 g/mol. The maximum absolute atomic E-state index is 10.2. The molecule has 4 rings (SSSR count). The number of allylic oxidation sites excluding steroid dienone is 1. The molecule has 0 aromatic heterocycles. The fourth-order valence-corrected chi connectivity index (χ4v) is 8.73. The molecule has 3 fully saturated rings. The molecule has 0 spiro atoms. The third-order valence-corrected chi connectivity index (χ3v) is 10.3. The van der Waals surface area contributed by atoms with Gasteiger partial charge in [0.1, 0.15) is 0 Å². The molecule has 3 saturated carbocycles. The van der Waals surface area contributed by atoms with Gasteiger partial charge in [-0.25, -0.2) is 0 Å². The Morgan fingerprint density at radius 3 is 2.50 bits per heavy atom. The van der Waals surface area contributed by atoms with E-state index >= 15 is 0 Å². The van der Waals surface area contributed by atoms with Gasteiger partial charge >= 0.3 is 0 Å². The second kappa shape index (κ2) is 7.75. The summed E-state index contributed by atoms with van der Waals surface area (Å²) in [5, 5.41) is 10.2. The van der Waals surface area contributed by atoms with Crippen molar-refractivity contribution in [2.75, 3.05) is 0 Å². The van der Waals surface area contributed by atoms with Gasteiger partial charge in [-0.15, -0.1) is 0 Å². The fraction of sp³-hybridized carbons (Fsp3) is 0.926. The lowest BCUT2D eigenvalue weighted by atomic mass is 9.46. The van der Waals surface area contributed by atoms with Crippen molar-refractivity contribution < 1.29 is 5.11 Å². The quantitative estimate of drug-likeness (QED) is 0.488. The van der Waals surface area contributed by atoms with Crippen LogP contribution in [0.5, 0.6) is 0 Å². The van der Waals surface area contributed by atoms with E-state index in [0.29, 0.717) is 10.8 Å². The van der Waals surface area contributed by atoms with Crippen LogP contribution in [0.4, 0.5) is 0 Å². The van der Waals surface area contributed by atoms with Gasteiger partial charge < -0.3 is 5.11 Å². The highest BCUT2D eigenvalue weighted by molar-refractivity contribution is 5.25. The van der Waals surface area contributed by atoms with Crippen LogP contribution in [0.3, 0.4) is 0 Å². The maximum Gasteiger partial charge on any atom is 0.0724 e. The van der Waals surface area contributed by atoms with Crippen molar-refractivity contribution in [2.24, 2.45) is 46.3 Å². The van der Waals surface area contributed by atoms with E-state index in [1.54, 1.807) is 5.57 Å². The van der Waals surface area contributed by atoms with Crippen LogP contribution in [-0.4, -0.2) is 11.2 Å². The largest absolute Gasteiger partial charge is 0.389 e. The molecule has 4 aliphatic rings. The predicted molar refractivity (Wildman–Crippen MR) is 119 cm³/mol. The summed E-state index contributed by atoms with van der Waals surface area (Å²) in [6.07, 6.45) is 17.1. The molecule has 0 aliphatic heterocycles. The first-order valence-corrected chi connectivity index (χ1v) is 12.6. The molecule has 8 atom stereocenters. The van der Waals surface area contributed by atoms with Crippen molar-refractivity contribution in [3.63, 3.8) is 0 Å². The van der Waals surface area contributed by atoms with Crippen LogP contribution >= 0.6 is 0 Å². The highest BCUT2D eigenvalue weighted by Crippen LogP contribution is 2.67. The molecule has 0 heterocycles. The lowest BCUT2D eigenvalue weighted by Crippen LogP contribution is -2.51. The van der Waals surface area contributed by atoms with Gasteiger partial charge in [-0.2, -0.15) is 0 Å². The second-order valence-corrected chi connectivity index (χ2v) is 12.2. The van der Waals surface area contributed by atoms with Crippen LogP contribution in [0.2, 0.25) is 0 Å². The van der Waals surface area contributed by atoms with Crippen molar-refractivity contribution in [3.05, 3.63) is 11.6 Å². The Balaban J connectivity index is 1.48. The molecule has 1 nitrogen and oxygen atoms in total. The number of hydrogen-bond donors (Lipinski definition) is 1. The Labute approximate surface area is 174 Å². The van der Waals surface area contributed by atoms with Gasteiger partial charge in [-0.1, -0.05) is 65.5 Å². The van der Waals surface area contributed by atoms with E-state index in [9.17, 15) is 5.11 Å². The molecule has 160 valence electrons. The Bertz CT molecular complexity index is 591. The zero-order valence-corrected chi connectivity index (χ0v) is 19.3. The molecule has 1 heteroatoms. The lowest BCUT2D eigenvalue weighted by Gasteiger charge is -2.59. The Morgan fingerprint density at radius 2 is 1.75 bits per heavy atom. The van der Waals surface area contributed by atoms with Crippen LogP contribution in [-0.2, 0) is 0 Å². The van der Waals surface area contributed by atoms with Crippen molar-refractivity contribution in [1.82, 2.24) is 0 Å². The SMILES string of the molecule is CC(C)CCCC(C)C1CCC2C3CCC4=C[C@@H](O)CC[C@]4(C)C3CC[C@]12C. The van der Waals surface area contributed by atoms with Crippen LogP contribution in [0.15, 0.2) is 11.6 Å². The van der Waals surface area contributed by atoms with E-state index in [4.69, 9.17) is 0 Å². The van der Waals surface area contributed by atoms with E-state index in [1.807, 2.05) is 0 Å². The summed E-state index contributed by atoms with van der Waals surface area (Å²) in [6.45, 7) is 12.6. The minimum absolute atomic E-state index is 0.170. The summed E-state index contributed by atoms with van der Waals surface area (Å²) in [5.41, 5.74) is 2.61. The van der Waals surface area contributed by atoms with Gasteiger partial charge in [0.25, 0.3) is 0 Å². The average molecular weight is 387 g/mol. The first-order valence-electron chi connectivity index (χ1n) is 12.6. The molecule has 0 aromatic rings. The molecule has 28 heavy (non-hydrogen) atoms. The van der Waals surface area contributed by atoms with Gasteiger partial charge in [0.05, 0.1) is 6.10 Å². The molecule has 0 bridgehead atoms. The Hall–Kier alpha value is -0.300. The van der Waals surface area contributed by atoms with Crippen LogP contribution in [0.1, 0.15) is 105 Å². The molecule has 0 amide bonds. The standard InChI is InChI=1S/C27H46O/c1-18(2)7-6-8-19(3)23-11-12-24-22-10-9-20-17-21(28)13-15-26(20,4)25(22)14-16-27(23,24)5/h17-19,21-25,28H,6-16H2,1-5H3/t19?,21-,22?,23?,24?,25?,26-,27+/m0/s1. The van der Waals surface area contributed by atoms with Gasteiger partial charge in [0, 0.05) is 0 Å². The second-order valence-electron chi connectivity index (χ2n) is 12.2. The van der Waals surface area contributed by atoms with Crippen molar-refractivity contribution >= 4 is 0 Å². The van der Waals surface area contributed by atoms with Gasteiger partial charge in [0.2, 0.25) is 0 Å². The smallest absolute Gasteiger partial charge is 0.0724 e. The molecule has 0 aromatic carbocycles. The van der Waals surface area contributed by atoms with Crippen LogP contribution < -0.4 is 0 Å². The van der Waals surface area contributed by atoms with E-state index in [-0.39, 0.29) is 6.10 Å². The molecule has 4 aliphatic carbocycles. The number of aliphatic hydroxyl groups is 1. The summed E-state index contributed by atoms with van der Waals surface area (Å²) < 4.78 is 0. The average Bonchev–Trinajstić information content (AvgIpc) is 2.99. The molecule has 5 unspecified atom stereocenters. The Morgan fingerprint density at radius 1 is 0.964 bits per heavy atom. The molecular formula is C27H46O. The van der Waals surface area contributed by atoms with Gasteiger partial charge in [-0.05, 0) is 97.7 Å². The summed E-state index contributed by atoms with van der Waals surface area (Å²) in [7, 11) is 0. The fourth-order valence-electron chi connectivity index (χ4n) is 8.73. The minimum Gasteiger partial charge on any atom is -0.389 e. The number of rotatable bonds is 5. The molecule has 0 radical (unpaired) electrons. The van der Waals surface area contributed by atoms with E-state index in [0.717, 1.165) is 41.9 Å². The molecule has 1 N–H and O–H groups in total. The van der Waals surface area contributed by atoms with Crippen molar-refractivity contribution in [2.45, 2.75) is 111 Å². The van der Waals surface area contributed by atoms with E-state index in [1.165, 1.54) is 64.2 Å². The molecule has 0 saturated heterocycles. The number of hydrogen-bond acceptors (Lipinski definition) is 1. The predicted octanol–water partition coefficient (Wildman–Crippen LogP) is 7.39.